The van der Waals surface area contributed by atoms with Crippen LogP contribution in [0.2, 0.25) is 5.02 Å². The summed E-state index contributed by atoms with van der Waals surface area (Å²) >= 11 is 5.91. The third-order valence-corrected chi connectivity index (χ3v) is 4.24. The van der Waals surface area contributed by atoms with Gasteiger partial charge < -0.3 is 10.1 Å². The van der Waals surface area contributed by atoms with E-state index in [1.165, 1.54) is 24.6 Å². The minimum absolute atomic E-state index is 0.113. The van der Waals surface area contributed by atoms with Crippen molar-refractivity contribution in [2.45, 2.75) is 38.6 Å². The number of hydrogen-bond acceptors (Lipinski definition) is 4. The smallest absolute Gasteiger partial charge is 0.271 e. The van der Waals surface area contributed by atoms with Crippen molar-refractivity contribution in [3.63, 3.8) is 0 Å². The van der Waals surface area contributed by atoms with Crippen LogP contribution in [-0.2, 0) is 4.79 Å². The van der Waals surface area contributed by atoms with E-state index >= 15 is 0 Å². The molecule has 0 spiro atoms. The van der Waals surface area contributed by atoms with Crippen LogP contribution >= 0.6 is 11.6 Å². The second kappa shape index (κ2) is 7.45. The van der Waals surface area contributed by atoms with E-state index in [-0.39, 0.29) is 35.0 Å². The number of nitro groups is 1. The molecule has 6 nitrogen and oxygen atoms in total. The molecule has 1 saturated carbocycles. The highest BCUT2D eigenvalue weighted by atomic mass is 35.5. The monoisotopic (exact) mass is 326 g/mol. The first-order valence-corrected chi connectivity index (χ1v) is 7.71. The molecule has 0 bridgehead atoms. The highest BCUT2D eigenvalue weighted by Crippen LogP contribution is 2.28. The highest BCUT2D eigenvalue weighted by Gasteiger charge is 2.23. The Bertz CT molecular complexity index is 564. The number of hydrogen-bond donors (Lipinski definition) is 1. The van der Waals surface area contributed by atoms with Gasteiger partial charge in [-0.15, -0.1) is 0 Å². The summed E-state index contributed by atoms with van der Waals surface area (Å²) in [7, 11) is 0. The molecule has 0 saturated heterocycles. The predicted octanol–water partition coefficient (Wildman–Crippen LogP) is 3.32. The number of non-ortho nitro benzene ring substituents is 1. The number of nitrogens with one attached hydrogen (secondary N) is 1. The van der Waals surface area contributed by atoms with Gasteiger partial charge in [0.2, 0.25) is 0 Å². The number of ether oxygens (including phenoxy) is 1. The van der Waals surface area contributed by atoms with Crippen LogP contribution in [0.3, 0.4) is 0 Å². The summed E-state index contributed by atoms with van der Waals surface area (Å²) in [6.45, 7) is 1.99. The molecule has 1 aliphatic rings. The van der Waals surface area contributed by atoms with E-state index in [0.29, 0.717) is 5.92 Å². The van der Waals surface area contributed by atoms with Gasteiger partial charge in [-0.25, -0.2) is 0 Å². The molecule has 0 unspecified atom stereocenters. The lowest BCUT2D eigenvalue weighted by Crippen LogP contribution is -2.43. The second-order valence-electron chi connectivity index (χ2n) is 5.60. The van der Waals surface area contributed by atoms with Gasteiger partial charge in [-0.1, -0.05) is 31.4 Å². The Kier molecular flexibility index (Phi) is 5.60. The maximum atomic E-state index is 11.9. The molecule has 7 heteroatoms. The Hall–Kier alpha value is -1.82. The maximum absolute atomic E-state index is 11.9. The Labute approximate surface area is 133 Å². The predicted molar refractivity (Wildman–Crippen MR) is 83.2 cm³/mol. The van der Waals surface area contributed by atoms with Gasteiger partial charge in [-0.2, -0.15) is 0 Å². The van der Waals surface area contributed by atoms with Gasteiger partial charge in [0, 0.05) is 18.2 Å². The zero-order chi connectivity index (χ0) is 16.1. The average molecular weight is 327 g/mol. The molecule has 1 aromatic rings. The number of halogens is 1. The molecule has 1 fully saturated rings. The van der Waals surface area contributed by atoms with Crippen molar-refractivity contribution in [3.05, 3.63) is 33.3 Å². The molecular formula is C15H19ClN2O4. The van der Waals surface area contributed by atoms with Crippen LogP contribution in [0.15, 0.2) is 18.2 Å². The molecule has 0 radical (unpaired) electrons. The number of amides is 1. The van der Waals surface area contributed by atoms with Crippen LogP contribution < -0.4 is 10.1 Å². The van der Waals surface area contributed by atoms with E-state index in [4.69, 9.17) is 16.3 Å². The van der Waals surface area contributed by atoms with Crippen molar-refractivity contribution in [1.82, 2.24) is 5.32 Å². The second-order valence-corrected chi connectivity index (χ2v) is 6.00. The van der Waals surface area contributed by atoms with Crippen LogP contribution in [-0.4, -0.2) is 23.5 Å². The van der Waals surface area contributed by atoms with Gasteiger partial charge >= 0.3 is 0 Å². The van der Waals surface area contributed by atoms with Crippen LogP contribution in [0, 0.1) is 16.0 Å². The van der Waals surface area contributed by atoms with E-state index in [1.807, 2.05) is 0 Å². The van der Waals surface area contributed by atoms with Crippen molar-refractivity contribution in [2.75, 3.05) is 6.61 Å². The standard InChI is InChI=1S/C15H19ClN2O4/c1-10-4-2-3-5-13(10)17-15(19)9-22-14-7-6-11(18(20)21)8-12(14)16/h6-8,10,13H,2-5,9H2,1H3,(H,17,19)/t10-,13-/m1/s1. The minimum atomic E-state index is -0.535. The summed E-state index contributed by atoms with van der Waals surface area (Å²) < 4.78 is 5.34. The van der Waals surface area contributed by atoms with E-state index in [0.717, 1.165) is 19.3 Å². The Morgan fingerprint density at radius 3 is 2.82 bits per heavy atom. The number of nitrogens with zero attached hydrogens (tertiary/aromatic N) is 1. The molecule has 120 valence electrons. The summed E-state index contributed by atoms with van der Waals surface area (Å²) in [6.07, 6.45) is 4.46. The van der Waals surface area contributed by atoms with Crippen LogP contribution in [0.1, 0.15) is 32.6 Å². The zero-order valence-electron chi connectivity index (χ0n) is 12.4. The molecule has 1 amide bonds. The van der Waals surface area contributed by atoms with Gasteiger partial charge in [0.25, 0.3) is 11.6 Å². The minimum Gasteiger partial charge on any atom is -0.482 e. The Morgan fingerprint density at radius 1 is 1.45 bits per heavy atom. The molecular weight excluding hydrogens is 308 g/mol. The van der Waals surface area contributed by atoms with Gasteiger partial charge in [0.05, 0.1) is 9.95 Å². The Balaban J connectivity index is 1.87. The zero-order valence-corrected chi connectivity index (χ0v) is 13.1. The quantitative estimate of drug-likeness (QED) is 0.664. The molecule has 1 N–H and O–H groups in total. The molecule has 2 atom stereocenters. The molecule has 0 aromatic heterocycles. The first-order valence-electron chi connectivity index (χ1n) is 7.33. The lowest BCUT2D eigenvalue weighted by atomic mass is 9.86. The lowest BCUT2D eigenvalue weighted by molar-refractivity contribution is -0.384. The summed E-state index contributed by atoms with van der Waals surface area (Å²) in [5.41, 5.74) is -0.113. The summed E-state index contributed by atoms with van der Waals surface area (Å²) in [4.78, 5) is 22.0. The van der Waals surface area contributed by atoms with E-state index in [2.05, 4.69) is 12.2 Å². The van der Waals surface area contributed by atoms with Gasteiger partial charge in [-0.05, 0) is 24.8 Å². The van der Waals surface area contributed by atoms with Gasteiger partial charge in [-0.3, -0.25) is 14.9 Å². The summed E-state index contributed by atoms with van der Waals surface area (Å²) in [5.74, 6) is 0.535. The van der Waals surface area contributed by atoms with E-state index in [1.54, 1.807) is 0 Å². The first-order chi connectivity index (χ1) is 10.5. The fourth-order valence-corrected chi connectivity index (χ4v) is 2.87. The molecule has 0 aliphatic heterocycles. The molecule has 1 aliphatic carbocycles. The fourth-order valence-electron chi connectivity index (χ4n) is 2.64. The normalized spacial score (nSPS) is 21.2. The summed E-state index contributed by atoms with van der Waals surface area (Å²) in [5, 5.41) is 13.7. The van der Waals surface area contributed by atoms with Gasteiger partial charge in [0.1, 0.15) is 5.75 Å². The van der Waals surface area contributed by atoms with Crippen molar-refractivity contribution in [3.8, 4) is 5.75 Å². The third-order valence-electron chi connectivity index (χ3n) is 3.94. The average Bonchev–Trinajstić information content (AvgIpc) is 2.48. The van der Waals surface area contributed by atoms with Crippen molar-refractivity contribution in [2.24, 2.45) is 5.92 Å². The summed E-state index contributed by atoms with van der Waals surface area (Å²) in [6, 6.07) is 4.09. The molecule has 22 heavy (non-hydrogen) atoms. The third kappa shape index (κ3) is 4.34. The first kappa shape index (κ1) is 16.5. The number of carbonyl (C=O) groups is 1. The Morgan fingerprint density at radius 2 is 2.18 bits per heavy atom. The molecule has 1 aromatic carbocycles. The fraction of sp³-hybridized carbons (Fsp3) is 0.533. The number of carbonyl (C=O) groups excluding carboxylic acids is 1. The largest absolute Gasteiger partial charge is 0.482 e. The van der Waals surface area contributed by atoms with Crippen LogP contribution in [0.4, 0.5) is 5.69 Å². The van der Waals surface area contributed by atoms with Crippen molar-refractivity contribution in [1.29, 1.82) is 0 Å². The highest BCUT2D eigenvalue weighted by molar-refractivity contribution is 6.32. The van der Waals surface area contributed by atoms with Crippen molar-refractivity contribution < 1.29 is 14.5 Å². The number of rotatable bonds is 5. The number of benzene rings is 1. The number of nitro benzene ring substituents is 1. The van der Waals surface area contributed by atoms with E-state index < -0.39 is 4.92 Å². The van der Waals surface area contributed by atoms with E-state index in [9.17, 15) is 14.9 Å². The lowest BCUT2D eigenvalue weighted by Gasteiger charge is -2.29. The van der Waals surface area contributed by atoms with Crippen LogP contribution in [0.5, 0.6) is 5.75 Å². The van der Waals surface area contributed by atoms with Gasteiger partial charge in [0.15, 0.2) is 6.61 Å². The molecule has 2 rings (SSSR count). The molecule has 0 heterocycles. The van der Waals surface area contributed by atoms with Crippen molar-refractivity contribution >= 4 is 23.2 Å². The SMILES string of the molecule is C[C@@H]1CCCC[C@H]1NC(=O)COc1ccc([N+](=O)[O-])cc1Cl. The maximum Gasteiger partial charge on any atom is 0.271 e. The topological polar surface area (TPSA) is 81.5 Å². The van der Waals surface area contributed by atoms with Crippen LogP contribution in [0.25, 0.3) is 0 Å².